The van der Waals surface area contributed by atoms with Gasteiger partial charge in [0.1, 0.15) is 0 Å². The van der Waals surface area contributed by atoms with Gasteiger partial charge in [-0.15, -0.1) is 0 Å². The number of methoxy groups -OCH3 is 1. The van der Waals surface area contributed by atoms with E-state index in [1.165, 1.54) is 7.11 Å². The Labute approximate surface area is 170 Å². The number of anilines is 1. The first-order chi connectivity index (χ1) is 13.5. The molecule has 0 unspecified atom stereocenters. The summed E-state index contributed by atoms with van der Waals surface area (Å²) in [6.45, 7) is 6.45. The van der Waals surface area contributed by atoms with Gasteiger partial charge in [0.15, 0.2) is 0 Å². The van der Waals surface area contributed by atoms with Crippen LogP contribution in [0.25, 0.3) is 0 Å². The summed E-state index contributed by atoms with van der Waals surface area (Å²) in [5.41, 5.74) is 2.54. The molecule has 1 aliphatic rings. The molecule has 0 fully saturated rings. The van der Waals surface area contributed by atoms with Crippen LogP contribution in [0.3, 0.4) is 0 Å². The summed E-state index contributed by atoms with van der Waals surface area (Å²) < 4.78 is 4.75. The Morgan fingerprint density at radius 2 is 1.86 bits per heavy atom. The van der Waals surface area contributed by atoms with Crippen molar-refractivity contribution in [3.63, 3.8) is 0 Å². The molecule has 0 atom stereocenters. The average Bonchev–Trinajstić information content (AvgIpc) is 2.70. The standard InChI is InChI=1S/C21H25ClN4O2/c1-15(2)26-13-23-21(24-19-10-6-17(7-11-19)20(27)28-3)25(14-26)12-16-4-8-18(22)9-5-16/h4-11,15H,12-14H2,1-3H3,(H,23,24). The predicted molar refractivity (Wildman–Crippen MR) is 113 cm³/mol. The number of ether oxygens (including phenoxy) is 1. The summed E-state index contributed by atoms with van der Waals surface area (Å²) in [5.74, 6) is 0.455. The number of esters is 1. The zero-order chi connectivity index (χ0) is 20.1. The zero-order valence-corrected chi connectivity index (χ0v) is 17.1. The number of halogens is 1. The lowest BCUT2D eigenvalue weighted by Crippen LogP contribution is -2.50. The fourth-order valence-corrected chi connectivity index (χ4v) is 3.03. The van der Waals surface area contributed by atoms with Crippen molar-refractivity contribution in [1.82, 2.24) is 9.80 Å². The van der Waals surface area contributed by atoms with Crippen LogP contribution in [-0.2, 0) is 11.3 Å². The van der Waals surface area contributed by atoms with E-state index in [4.69, 9.17) is 21.3 Å². The van der Waals surface area contributed by atoms with E-state index in [1.54, 1.807) is 12.1 Å². The third-order valence-electron chi connectivity index (χ3n) is 4.63. The Kier molecular flexibility index (Phi) is 6.54. The van der Waals surface area contributed by atoms with Gasteiger partial charge in [-0.3, -0.25) is 4.90 Å². The van der Waals surface area contributed by atoms with Gasteiger partial charge >= 0.3 is 5.97 Å². The van der Waals surface area contributed by atoms with Gasteiger partial charge in [0.05, 0.1) is 26.0 Å². The summed E-state index contributed by atoms with van der Waals surface area (Å²) in [7, 11) is 1.38. The van der Waals surface area contributed by atoms with E-state index in [-0.39, 0.29) is 5.97 Å². The number of guanidine groups is 1. The van der Waals surface area contributed by atoms with Crippen molar-refractivity contribution in [3.8, 4) is 0 Å². The summed E-state index contributed by atoms with van der Waals surface area (Å²) in [4.78, 5) is 20.8. The highest BCUT2D eigenvalue weighted by molar-refractivity contribution is 6.30. The normalized spacial score (nSPS) is 14.8. The smallest absolute Gasteiger partial charge is 0.337 e. The molecule has 3 rings (SSSR count). The van der Waals surface area contributed by atoms with E-state index in [2.05, 4.69) is 29.0 Å². The molecule has 0 radical (unpaired) electrons. The summed E-state index contributed by atoms with van der Waals surface area (Å²) in [6, 6.07) is 15.4. The minimum atomic E-state index is -0.349. The van der Waals surface area contributed by atoms with Crippen LogP contribution in [0.4, 0.5) is 5.69 Å². The van der Waals surface area contributed by atoms with Crippen LogP contribution in [0.15, 0.2) is 53.5 Å². The molecule has 0 saturated carbocycles. The largest absolute Gasteiger partial charge is 0.465 e. The van der Waals surface area contributed by atoms with Crippen LogP contribution >= 0.6 is 11.6 Å². The second kappa shape index (κ2) is 9.08. The lowest BCUT2D eigenvalue weighted by atomic mass is 10.2. The van der Waals surface area contributed by atoms with E-state index in [1.807, 2.05) is 36.4 Å². The van der Waals surface area contributed by atoms with Crippen molar-refractivity contribution in [3.05, 3.63) is 64.7 Å². The molecule has 0 aliphatic carbocycles. The molecule has 6 nitrogen and oxygen atoms in total. The van der Waals surface area contributed by atoms with Crippen LogP contribution in [-0.4, -0.2) is 48.2 Å². The van der Waals surface area contributed by atoms with Crippen molar-refractivity contribution in [2.75, 3.05) is 25.8 Å². The maximum Gasteiger partial charge on any atom is 0.337 e. The Morgan fingerprint density at radius 1 is 1.18 bits per heavy atom. The molecule has 7 heteroatoms. The highest BCUT2D eigenvalue weighted by Crippen LogP contribution is 2.17. The Bertz CT molecular complexity index is 834. The monoisotopic (exact) mass is 400 g/mol. The molecule has 2 aromatic rings. The predicted octanol–water partition coefficient (Wildman–Crippen LogP) is 4.04. The van der Waals surface area contributed by atoms with Gasteiger partial charge in [-0.25, -0.2) is 9.79 Å². The van der Waals surface area contributed by atoms with Gasteiger partial charge in [-0.1, -0.05) is 23.7 Å². The Morgan fingerprint density at radius 3 is 2.46 bits per heavy atom. The van der Waals surface area contributed by atoms with Crippen molar-refractivity contribution in [2.24, 2.45) is 4.99 Å². The number of hydrogen-bond donors (Lipinski definition) is 1. The van der Waals surface area contributed by atoms with Crippen LogP contribution in [0.2, 0.25) is 5.02 Å². The van der Waals surface area contributed by atoms with Crippen molar-refractivity contribution in [2.45, 2.75) is 26.4 Å². The first kappa shape index (κ1) is 20.2. The number of benzene rings is 2. The zero-order valence-electron chi connectivity index (χ0n) is 16.4. The molecule has 1 aliphatic heterocycles. The number of hydrogen-bond acceptors (Lipinski definition) is 6. The van der Waals surface area contributed by atoms with Crippen molar-refractivity contribution >= 4 is 29.2 Å². The number of carbonyl (C=O) groups is 1. The van der Waals surface area contributed by atoms with Gasteiger partial charge in [0.25, 0.3) is 0 Å². The van der Waals surface area contributed by atoms with Gasteiger partial charge < -0.3 is 15.0 Å². The van der Waals surface area contributed by atoms with Crippen LogP contribution in [0.1, 0.15) is 29.8 Å². The van der Waals surface area contributed by atoms with Gasteiger partial charge in [-0.05, 0) is 55.8 Å². The molecular weight excluding hydrogens is 376 g/mol. The third kappa shape index (κ3) is 5.03. The first-order valence-corrected chi connectivity index (χ1v) is 9.57. The lowest BCUT2D eigenvalue weighted by molar-refractivity contribution is 0.0601. The minimum Gasteiger partial charge on any atom is -0.465 e. The molecular formula is C21H25ClN4O2. The molecule has 0 amide bonds. The highest BCUT2D eigenvalue weighted by atomic mass is 35.5. The van der Waals surface area contributed by atoms with Gasteiger partial charge in [-0.2, -0.15) is 0 Å². The first-order valence-electron chi connectivity index (χ1n) is 9.19. The van der Waals surface area contributed by atoms with E-state index in [9.17, 15) is 4.79 Å². The molecule has 1 N–H and O–H groups in total. The Hall–Kier alpha value is -2.57. The SMILES string of the molecule is COC(=O)c1ccc(NC2=NCN(C(C)C)CN2Cc2ccc(Cl)cc2)cc1. The minimum absolute atomic E-state index is 0.349. The summed E-state index contributed by atoms with van der Waals surface area (Å²) >= 11 is 6.01. The highest BCUT2D eigenvalue weighted by Gasteiger charge is 2.23. The molecule has 28 heavy (non-hydrogen) atoms. The molecule has 2 aromatic carbocycles. The maximum atomic E-state index is 11.6. The fraction of sp³-hybridized carbons (Fsp3) is 0.333. The molecule has 0 spiro atoms. The van der Waals surface area contributed by atoms with Crippen LogP contribution in [0.5, 0.6) is 0 Å². The van der Waals surface area contributed by atoms with E-state index < -0.39 is 0 Å². The molecule has 0 saturated heterocycles. The van der Waals surface area contributed by atoms with Crippen LogP contribution < -0.4 is 5.32 Å². The number of rotatable bonds is 5. The van der Waals surface area contributed by atoms with E-state index >= 15 is 0 Å². The summed E-state index contributed by atoms with van der Waals surface area (Å²) in [5, 5.41) is 4.10. The van der Waals surface area contributed by atoms with Crippen molar-refractivity contribution in [1.29, 1.82) is 0 Å². The summed E-state index contributed by atoms with van der Waals surface area (Å²) in [6.07, 6.45) is 0. The second-order valence-corrected chi connectivity index (χ2v) is 7.40. The molecule has 1 heterocycles. The number of nitrogens with zero attached hydrogens (tertiary/aromatic N) is 3. The molecule has 148 valence electrons. The quantitative estimate of drug-likeness (QED) is 0.768. The number of nitrogens with one attached hydrogen (secondary N) is 1. The maximum absolute atomic E-state index is 11.6. The third-order valence-corrected chi connectivity index (χ3v) is 4.89. The number of aliphatic imine (C=N–C) groups is 1. The fourth-order valence-electron chi connectivity index (χ4n) is 2.91. The van der Waals surface area contributed by atoms with Gasteiger partial charge in [0.2, 0.25) is 5.96 Å². The number of carbonyl (C=O) groups excluding carboxylic acids is 1. The molecule has 0 bridgehead atoms. The van der Waals surface area contributed by atoms with Crippen molar-refractivity contribution < 1.29 is 9.53 Å². The van der Waals surface area contributed by atoms with E-state index in [0.717, 1.165) is 28.9 Å². The van der Waals surface area contributed by atoms with Crippen LogP contribution in [0, 0.1) is 0 Å². The lowest BCUT2D eigenvalue weighted by Gasteiger charge is -2.38. The second-order valence-electron chi connectivity index (χ2n) is 6.97. The topological polar surface area (TPSA) is 57.2 Å². The average molecular weight is 401 g/mol. The van der Waals surface area contributed by atoms with Gasteiger partial charge in [0, 0.05) is 23.3 Å². The Balaban J connectivity index is 1.77. The van der Waals surface area contributed by atoms with E-state index in [0.29, 0.717) is 24.8 Å². The molecule has 0 aromatic heterocycles.